The average Bonchev–Trinajstić information content (AvgIpc) is 3.14. The maximum Gasteiger partial charge on any atom is 0.278 e. The van der Waals surface area contributed by atoms with Gasteiger partial charge in [0, 0.05) is 10.9 Å². The Kier molecular flexibility index (Phi) is 4.00. The number of thiazole rings is 1. The molecule has 7 heteroatoms. The maximum atomic E-state index is 11.9. The Balaban J connectivity index is 1.85. The van der Waals surface area contributed by atoms with Crippen LogP contribution in [0.3, 0.4) is 0 Å². The Bertz CT molecular complexity index is 824. The lowest BCUT2D eigenvalue weighted by Gasteiger charge is -2.07. The zero-order valence-corrected chi connectivity index (χ0v) is 14.0. The highest BCUT2D eigenvalue weighted by atomic mass is 32.1. The van der Waals surface area contributed by atoms with Crippen molar-refractivity contribution in [3.8, 4) is 11.3 Å². The monoisotopic (exact) mass is 330 g/mol. The molecule has 22 heavy (non-hydrogen) atoms. The molecule has 1 amide bonds. The van der Waals surface area contributed by atoms with Crippen LogP contribution in [0.2, 0.25) is 0 Å². The fraction of sp³-hybridized carbons (Fsp3) is 0.200. The number of hydrogen-bond donors (Lipinski definition) is 1. The molecule has 0 spiro atoms. The van der Waals surface area contributed by atoms with Gasteiger partial charge in [0.1, 0.15) is 0 Å². The number of benzene rings is 1. The van der Waals surface area contributed by atoms with E-state index in [9.17, 15) is 4.79 Å². The van der Waals surface area contributed by atoms with Crippen molar-refractivity contribution in [1.82, 2.24) is 13.7 Å². The first-order valence-electron chi connectivity index (χ1n) is 6.67. The second-order valence-corrected chi connectivity index (χ2v) is 6.45. The fourth-order valence-corrected chi connectivity index (χ4v) is 3.23. The van der Waals surface area contributed by atoms with E-state index in [1.165, 1.54) is 34.2 Å². The number of hydrogen-bond acceptors (Lipinski definition) is 6. The molecule has 3 rings (SSSR count). The third-order valence-corrected chi connectivity index (χ3v) is 4.67. The van der Waals surface area contributed by atoms with Gasteiger partial charge in [0.2, 0.25) is 0 Å². The Morgan fingerprint density at radius 2 is 1.91 bits per heavy atom. The van der Waals surface area contributed by atoms with Gasteiger partial charge in [0.05, 0.1) is 23.6 Å². The molecule has 0 atom stereocenters. The number of rotatable bonds is 3. The fourth-order valence-electron chi connectivity index (χ4n) is 2.12. The SMILES string of the molecule is Cc1cc(C)c(-c2csc(NC(=O)c3cnsn3)n2)cc1C. The number of anilines is 1. The van der Waals surface area contributed by atoms with Crippen LogP contribution in [-0.2, 0) is 0 Å². The predicted molar refractivity (Wildman–Crippen MR) is 89.6 cm³/mol. The molecule has 0 fully saturated rings. The molecular formula is C15H14N4OS2. The van der Waals surface area contributed by atoms with Gasteiger partial charge in [-0.2, -0.15) is 8.75 Å². The Morgan fingerprint density at radius 3 is 2.64 bits per heavy atom. The molecule has 1 N–H and O–H groups in total. The summed E-state index contributed by atoms with van der Waals surface area (Å²) in [5, 5.41) is 5.26. The van der Waals surface area contributed by atoms with Gasteiger partial charge in [-0.3, -0.25) is 10.1 Å². The van der Waals surface area contributed by atoms with Gasteiger partial charge in [-0.25, -0.2) is 4.98 Å². The Hall–Kier alpha value is -2.12. The van der Waals surface area contributed by atoms with Crippen molar-refractivity contribution in [2.45, 2.75) is 20.8 Å². The van der Waals surface area contributed by atoms with Crippen LogP contribution in [0, 0.1) is 20.8 Å². The van der Waals surface area contributed by atoms with Crippen molar-refractivity contribution in [3.05, 3.63) is 46.1 Å². The van der Waals surface area contributed by atoms with Crippen molar-refractivity contribution in [2.75, 3.05) is 5.32 Å². The first-order chi connectivity index (χ1) is 10.5. The van der Waals surface area contributed by atoms with Crippen molar-refractivity contribution in [2.24, 2.45) is 0 Å². The third-order valence-electron chi connectivity index (χ3n) is 3.44. The lowest BCUT2D eigenvalue weighted by Crippen LogP contribution is -2.11. The van der Waals surface area contributed by atoms with Gasteiger partial charge < -0.3 is 0 Å². The van der Waals surface area contributed by atoms with Gasteiger partial charge in [-0.1, -0.05) is 6.07 Å². The molecule has 0 saturated carbocycles. The number of aryl methyl sites for hydroxylation is 3. The summed E-state index contributed by atoms with van der Waals surface area (Å²) < 4.78 is 7.73. The topological polar surface area (TPSA) is 67.8 Å². The number of nitrogens with zero attached hydrogens (tertiary/aromatic N) is 3. The predicted octanol–water partition coefficient (Wildman–Crippen LogP) is 3.84. The zero-order chi connectivity index (χ0) is 15.7. The van der Waals surface area contributed by atoms with Crippen molar-refractivity contribution < 1.29 is 4.79 Å². The van der Waals surface area contributed by atoms with Crippen LogP contribution in [0.5, 0.6) is 0 Å². The van der Waals surface area contributed by atoms with E-state index >= 15 is 0 Å². The smallest absolute Gasteiger partial charge is 0.278 e. The summed E-state index contributed by atoms with van der Waals surface area (Å²) in [6, 6.07) is 4.29. The van der Waals surface area contributed by atoms with Gasteiger partial charge in [0.25, 0.3) is 5.91 Å². The van der Waals surface area contributed by atoms with E-state index in [4.69, 9.17) is 0 Å². The van der Waals surface area contributed by atoms with Gasteiger partial charge in [0.15, 0.2) is 10.8 Å². The molecule has 5 nitrogen and oxygen atoms in total. The molecule has 0 saturated heterocycles. The first kappa shape index (κ1) is 14.8. The van der Waals surface area contributed by atoms with E-state index in [2.05, 4.69) is 52.0 Å². The molecule has 0 aliphatic heterocycles. The largest absolute Gasteiger partial charge is 0.296 e. The second kappa shape index (κ2) is 5.94. The van der Waals surface area contributed by atoms with Crippen LogP contribution < -0.4 is 5.32 Å². The number of amides is 1. The first-order valence-corrected chi connectivity index (χ1v) is 8.28. The van der Waals surface area contributed by atoms with E-state index in [1.54, 1.807) is 0 Å². The number of aromatic nitrogens is 3. The summed E-state index contributed by atoms with van der Waals surface area (Å²) in [5.41, 5.74) is 5.94. The summed E-state index contributed by atoms with van der Waals surface area (Å²) in [6.45, 7) is 6.25. The summed E-state index contributed by atoms with van der Waals surface area (Å²) in [7, 11) is 0. The molecule has 2 heterocycles. The summed E-state index contributed by atoms with van der Waals surface area (Å²) in [5.74, 6) is -0.286. The van der Waals surface area contributed by atoms with Crippen molar-refractivity contribution in [1.29, 1.82) is 0 Å². The lowest BCUT2D eigenvalue weighted by molar-refractivity contribution is 0.102. The third kappa shape index (κ3) is 2.90. The standard InChI is InChI=1S/C15H14N4OS2/c1-8-4-10(3)11(5-9(8)2)13-7-21-15(17-13)18-14(20)12-6-16-22-19-12/h4-7H,1-3H3,(H,17,18,20). The van der Waals surface area contributed by atoms with E-state index < -0.39 is 0 Å². The molecule has 0 unspecified atom stereocenters. The van der Waals surface area contributed by atoms with E-state index in [1.807, 2.05) is 5.38 Å². The van der Waals surface area contributed by atoms with Crippen LogP contribution in [0.1, 0.15) is 27.2 Å². The van der Waals surface area contributed by atoms with E-state index in [0.29, 0.717) is 10.8 Å². The molecule has 0 aliphatic rings. The van der Waals surface area contributed by atoms with E-state index in [0.717, 1.165) is 23.0 Å². The lowest BCUT2D eigenvalue weighted by atomic mass is 9.99. The number of carbonyl (C=O) groups excluding carboxylic acids is 1. The molecular weight excluding hydrogens is 316 g/mol. The molecule has 2 aromatic heterocycles. The summed E-state index contributed by atoms with van der Waals surface area (Å²) in [4.78, 5) is 16.5. The minimum atomic E-state index is -0.286. The molecule has 0 radical (unpaired) electrons. The molecule has 3 aromatic rings. The quantitative estimate of drug-likeness (QED) is 0.792. The maximum absolute atomic E-state index is 11.9. The Labute approximate surface area is 136 Å². The van der Waals surface area contributed by atoms with Crippen molar-refractivity contribution in [3.63, 3.8) is 0 Å². The highest BCUT2D eigenvalue weighted by Crippen LogP contribution is 2.29. The van der Waals surface area contributed by atoms with Gasteiger partial charge >= 0.3 is 0 Å². The molecule has 112 valence electrons. The minimum absolute atomic E-state index is 0.286. The molecule has 0 bridgehead atoms. The van der Waals surface area contributed by atoms with Crippen molar-refractivity contribution >= 4 is 34.1 Å². The average molecular weight is 330 g/mol. The van der Waals surface area contributed by atoms with Gasteiger partial charge in [-0.15, -0.1) is 11.3 Å². The highest BCUT2D eigenvalue weighted by Gasteiger charge is 2.13. The minimum Gasteiger partial charge on any atom is -0.296 e. The van der Waals surface area contributed by atoms with Crippen LogP contribution >= 0.6 is 23.1 Å². The number of nitrogens with one attached hydrogen (secondary N) is 1. The van der Waals surface area contributed by atoms with Gasteiger partial charge in [-0.05, 0) is 43.5 Å². The van der Waals surface area contributed by atoms with Crippen LogP contribution in [0.25, 0.3) is 11.3 Å². The normalized spacial score (nSPS) is 10.7. The van der Waals surface area contributed by atoms with Crippen LogP contribution in [-0.4, -0.2) is 19.6 Å². The van der Waals surface area contributed by atoms with Crippen LogP contribution in [0.4, 0.5) is 5.13 Å². The zero-order valence-electron chi connectivity index (χ0n) is 12.4. The second-order valence-electron chi connectivity index (χ2n) is 5.04. The summed E-state index contributed by atoms with van der Waals surface area (Å²) >= 11 is 2.41. The highest BCUT2D eigenvalue weighted by molar-refractivity contribution is 7.14. The molecule has 1 aromatic carbocycles. The number of carbonyl (C=O) groups is 1. The Morgan fingerprint density at radius 1 is 1.14 bits per heavy atom. The van der Waals surface area contributed by atoms with Crippen LogP contribution in [0.15, 0.2) is 23.7 Å². The summed E-state index contributed by atoms with van der Waals surface area (Å²) in [6.07, 6.45) is 1.45. The van der Waals surface area contributed by atoms with E-state index in [-0.39, 0.29) is 5.91 Å². The molecule has 0 aliphatic carbocycles.